The minimum Gasteiger partial charge on any atom is -0.309 e. The van der Waals surface area contributed by atoms with Gasteiger partial charge in [-0.3, -0.25) is 0 Å². The summed E-state index contributed by atoms with van der Waals surface area (Å²) >= 11 is 3.66. The van der Waals surface area contributed by atoms with Crippen LogP contribution in [-0.2, 0) is 6.42 Å². The molecule has 2 nitrogen and oxygen atoms in total. The lowest BCUT2D eigenvalue weighted by Crippen LogP contribution is -2.32. The summed E-state index contributed by atoms with van der Waals surface area (Å²) in [6.07, 6.45) is 3.62. The van der Waals surface area contributed by atoms with Gasteiger partial charge in [-0.05, 0) is 64.0 Å². The quantitative estimate of drug-likeness (QED) is 0.897. The van der Waals surface area contributed by atoms with Crippen molar-refractivity contribution in [3.05, 3.63) is 33.8 Å². The van der Waals surface area contributed by atoms with E-state index >= 15 is 0 Å². The molecule has 2 rings (SSSR count). The van der Waals surface area contributed by atoms with Crippen molar-refractivity contribution in [2.45, 2.75) is 38.3 Å². The minimum absolute atomic E-state index is 0.537. The van der Waals surface area contributed by atoms with Crippen LogP contribution in [0, 0.1) is 0 Å². The maximum Gasteiger partial charge on any atom is 0.0328 e. The molecule has 0 heterocycles. The van der Waals surface area contributed by atoms with Crippen molar-refractivity contribution < 1.29 is 0 Å². The largest absolute Gasteiger partial charge is 0.309 e. The van der Waals surface area contributed by atoms with Crippen LogP contribution in [-0.4, -0.2) is 31.6 Å². The van der Waals surface area contributed by atoms with Crippen LogP contribution in [0.5, 0.6) is 0 Å². The average molecular weight is 311 g/mol. The van der Waals surface area contributed by atoms with E-state index in [0.717, 1.165) is 6.54 Å². The molecule has 18 heavy (non-hydrogen) atoms. The first-order chi connectivity index (χ1) is 8.58. The number of nitrogens with one attached hydrogen (secondary N) is 1. The van der Waals surface area contributed by atoms with E-state index in [1.807, 2.05) is 0 Å². The van der Waals surface area contributed by atoms with Crippen LogP contribution in [0.25, 0.3) is 0 Å². The highest BCUT2D eigenvalue weighted by Gasteiger charge is 2.24. The number of fused-ring (bicyclic) bond motifs is 1. The van der Waals surface area contributed by atoms with Gasteiger partial charge >= 0.3 is 0 Å². The Morgan fingerprint density at radius 3 is 2.94 bits per heavy atom. The molecule has 0 spiro atoms. The summed E-state index contributed by atoms with van der Waals surface area (Å²) < 4.78 is 1.27. The van der Waals surface area contributed by atoms with Crippen molar-refractivity contribution in [1.29, 1.82) is 0 Å². The summed E-state index contributed by atoms with van der Waals surface area (Å²) in [5, 5.41) is 3.77. The Labute approximate surface area is 119 Å². The smallest absolute Gasteiger partial charge is 0.0328 e. The van der Waals surface area contributed by atoms with Crippen LogP contribution in [0.15, 0.2) is 22.7 Å². The molecule has 0 saturated heterocycles. The van der Waals surface area contributed by atoms with E-state index in [1.165, 1.54) is 34.9 Å². The molecule has 2 unspecified atom stereocenters. The van der Waals surface area contributed by atoms with E-state index in [0.29, 0.717) is 12.1 Å². The predicted molar refractivity (Wildman–Crippen MR) is 81.0 cm³/mol. The number of benzene rings is 1. The van der Waals surface area contributed by atoms with E-state index in [1.54, 1.807) is 0 Å². The lowest BCUT2D eigenvalue weighted by atomic mass is 10.1. The summed E-state index contributed by atoms with van der Waals surface area (Å²) in [6.45, 7) is 3.44. The molecule has 2 atom stereocenters. The number of nitrogens with zero attached hydrogens (tertiary/aromatic N) is 1. The van der Waals surface area contributed by atoms with Gasteiger partial charge in [0.25, 0.3) is 0 Å². The zero-order valence-corrected chi connectivity index (χ0v) is 13.1. The highest BCUT2D eigenvalue weighted by Crippen LogP contribution is 2.35. The highest BCUT2D eigenvalue weighted by molar-refractivity contribution is 9.10. The number of hydrogen-bond acceptors (Lipinski definition) is 2. The van der Waals surface area contributed by atoms with Crippen molar-refractivity contribution in [2.75, 3.05) is 20.6 Å². The molecule has 0 amide bonds. The Morgan fingerprint density at radius 2 is 2.22 bits per heavy atom. The number of hydrogen-bond donors (Lipinski definition) is 1. The SMILES string of the molecule is CC(CCN(C)C)NC1CCc2c(Br)cccc21. The summed E-state index contributed by atoms with van der Waals surface area (Å²) in [5.74, 6) is 0. The third kappa shape index (κ3) is 3.34. The lowest BCUT2D eigenvalue weighted by Gasteiger charge is -2.22. The van der Waals surface area contributed by atoms with Gasteiger partial charge in [0.05, 0.1) is 0 Å². The number of halogens is 1. The van der Waals surface area contributed by atoms with Crippen molar-refractivity contribution >= 4 is 15.9 Å². The van der Waals surface area contributed by atoms with Gasteiger partial charge in [-0.1, -0.05) is 28.1 Å². The molecule has 1 aliphatic carbocycles. The zero-order chi connectivity index (χ0) is 13.1. The van der Waals surface area contributed by atoms with Crippen LogP contribution >= 0.6 is 15.9 Å². The second-order valence-corrected chi connectivity index (χ2v) is 6.41. The maximum atomic E-state index is 3.77. The molecule has 0 fully saturated rings. The van der Waals surface area contributed by atoms with Gasteiger partial charge in [-0.15, -0.1) is 0 Å². The van der Waals surface area contributed by atoms with Gasteiger partial charge in [0.15, 0.2) is 0 Å². The van der Waals surface area contributed by atoms with Gasteiger partial charge in [0, 0.05) is 16.6 Å². The number of rotatable bonds is 5. The second-order valence-electron chi connectivity index (χ2n) is 5.56. The fourth-order valence-corrected chi connectivity index (χ4v) is 3.24. The molecule has 0 bridgehead atoms. The molecule has 1 aliphatic rings. The molecule has 0 aromatic heterocycles. The molecule has 3 heteroatoms. The van der Waals surface area contributed by atoms with Crippen LogP contribution in [0.4, 0.5) is 0 Å². The minimum atomic E-state index is 0.537. The van der Waals surface area contributed by atoms with Crippen LogP contribution in [0.2, 0.25) is 0 Å². The van der Waals surface area contributed by atoms with Gasteiger partial charge in [-0.2, -0.15) is 0 Å². The molecule has 100 valence electrons. The Hall–Kier alpha value is -0.380. The first kappa shape index (κ1) is 14.0. The fraction of sp³-hybridized carbons (Fsp3) is 0.600. The van der Waals surface area contributed by atoms with Crippen molar-refractivity contribution in [2.24, 2.45) is 0 Å². The van der Waals surface area contributed by atoms with Gasteiger partial charge in [0.1, 0.15) is 0 Å². The standard InChI is InChI=1S/C15H23BrN2/c1-11(9-10-18(2)3)17-15-8-7-12-13(15)5-4-6-14(12)16/h4-6,11,15,17H,7-10H2,1-3H3. The predicted octanol–water partition coefficient (Wildman–Crippen LogP) is 3.37. The van der Waals surface area contributed by atoms with E-state index < -0.39 is 0 Å². The summed E-state index contributed by atoms with van der Waals surface area (Å²) in [4.78, 5) is 2.25. The van der Waals surface area contributed by atoms with Crippen LogP contribution in [0.1, 0.15) is 36.9 Å². The summed E-state index contributed by atoms with van der Waals surface area (Å²) in [5.41, 5.74) is 2.98. The van der Waals surface area contributed by atoms with E-state index in [4.69, 9.17) is 0 Å². The third-order valence-electron chi connectivity index (χ3n) is 3.71. The zero-order valence-electron chi connectivity index (χ0n) is 11.5. The first-order valence-corrected chi connectivity index (χ1v) is 7.55. The van der Waals surface area contributed by atoms with E-state index in [2.05, 4.69) is 65.4 Å². The Bertz CT molecular complexity index is 403. The molecule has 1 aromatic rings. The van der Waals surface area contributed by atoms with Crippen LogP contribution < -0.4 is 5.32 Å². The monoisotopic (exact) mass is 310 g/mol. The first-order valence-electron chi connectivity index (χ1n) is 6.76. The molecular weight excluding hydrogens is 288 g/mol. The molecule has 1 aromatic carbocycles. The molecule has 0 radical (unpaired) electrons. The summed E-state index contributed by atoms with van der Waals surface area (Å²) in [6, 6.07) is 7.67. The third-order valence-corrected chi connectivity index (χ3v) is 4.45. The topological polar surface area (TPSA) is 15.3 Å². The Balaban J connectivity index is 1.95. The molecule has 1 N–H and O–H groups in total. The lowest BCUT2D eigenvalue weighted by molar-refractivity contribution is 0.349. The van der Waals surface area contributed by atoms with Crippen molar-refractivity contribution in [3.63, 3.8) is 0 Å². The maximum absolute atomic E-state index is 3.77. The van der Waals surface area contributed by atoms with E-state index in [9.17, 15) is 0 Å². The van der Waals surface area contributed by atoms with Crippen molar-refractivity contribution in [3.8, 4) is 0 Å². The van der Waals surface area contributed by atoms with Crippen LogP contribution in [0.3, 0.4) is 0 Å². The molecular formula is C15H23BrN2. The normalized spacial score (nSPS) is 20.2. The van der Waals surface area contributed by atoms with Gasteiger partial charge in [-0.25, -0.2) is 0 Å². The van der Waals surface area contributed by atoms with Gasteiger partial charge in [0.2, 0.25) is 0 Å². The highest BCUT2D eigenvalue weighted by atomic mass is 79.9. The van der Waals surface area contributed by atoms with Gasteiger partial charge < -0.3 is 10.2 Å². The van der Waals surface area contributed by atoms with E-state index in [-0.39, 0.29) is 0 Å². The fourth-order valence-electron chi connectivity index (χ4n) is 2.66. The summed E-state index contributed by atoms with van der Waals surface area (Å²) in [7, 11) is 4.27. The average Bonchev–Trinajstić information content (AvgIpc) is 2.72. The molecule has 0 aliphatic heterocycles. The Kier molecular flexibility index (Phi) is 4.82. The second kappa shape index (κ2) is 6.18. The Morgan fingerprint density at radius 1 is 1.44 bits per heavy atom. The van der Waals surface area contributed by atoms with Crippen molar-refractivity contribution in [1.82, 2.24) is 10.2 Å². The molecule has 0 saturated carbocycles.